The Morgan fingerprint density at radius 2 is 2.05 bits per heavy atom. The first-order valence-corrected chi connectivity index (χ1v) is 7.54. The van der Waals surface area contributed by atoms with Crippen molar-refractivity contribution in [3.63, 3.8) is 0 Å². The lowest BCUT2D eigenvalue weighted by molar-refractivity contribution is 0.249. The lowest BCUT2D eigenvalue weighted by Crippen LogP contribution is -2.41. The standard InChI is InChI=1S/C14H19FN4S/c1-17(2)11-5-7-18(8-6-11)12-3-4-14-13(9-12)16-10-19(14)20-15/h3-4,9-11H,5-8H2,1-2H3. The Balaban J connectivity index is 1.78. The monoisotopic (exact) mass is 294 g/mol. The van der Waals surface area contributed by atoms with Gasteiger partial charge in [0.15, 0.2) is 12.3 Å². The summed E-state index contributed by atoms with van der Waals surface area (Å²) in [6.07, 6.45) is 3.89. The van der Waals surface area contributed by atoms with Crippen molar-refractivity contribution in [3.8, 4) is 0 Å². The summed E-state index contributed by atoms with van der Waals surface area (Å²) in [7, 11) is 4.29. The summed E-state index contributed by atoms with van der Waals surface area (Å²) >= 11 is 0.185. The van der Waals surface area contributed by atoms with Crippen LogP contribution in [-0.4, -0.2) is 47.1 Å². The molecular formula is C14H19FN4S. The van der Waals surface area contributed by atoms with Gasteiger partial charge in [0.25, 0.3) is 0 Å². The largest absolute Gasteiger partial charge is 0.371 e. The van der Waals surface area contributed by atoms with Crippen molar-refractivity contribution in [2.75, 3.05) is 32.1 Å². The fourth-order valence-corrected chi connectivity index (χ4v) is 3.18. The normalized spacial score (nSPS) is 17.3. The SMILES string of the molecule is CN(C)C1CCN(c2ccc3c(c2)ncn3SF)CC1. The number of piperidine rings is 1. The zero-order chi connectivity index (χ0) is 14.1. The van der Waals surface area contributed by atoms with Crippen LogP contribution in [0.2, 0.25) is 0 Å². The molecule has 0 N–H and O–H groups in total. The van der Waals surface area contributed by atoms with Gasteiger partial charge in [0.1, 0.15) is 6.33 Å². The molecule has 1 aromatic carbocycles. The van der Waals surface area contributed by atoms with Crippen LogP contribution in [0.15, 0.2) is 24.5 Å². The Hall–Kier alpha value is -1.27. The lowest BCUT2D eigenvalue weighted by atomic mass is 10.0. The Bertz CT molecular complexity index is 590. The third-order valence-electron chi connectivity index (χ3n) is 4.13. The maximum Gasteiger partial charge on any atom is 0.171 e. The molecule has 0 saturated carbocycles. The average molecular weight is 294 g/mol. The molecule has 2 aromatic rings. The highest BCUT2D eigenvalue weighted by molar-refractivity contribution is 7.92. The van der Waals surface area contributed by atoms with Gasteiger partial charge in [-0.15, -0.1) is 3.89 Å². The quantitative estimate of drug-likeness (QED) is 0.868. The first-order chi connectivity index (χ1) is 9.69. The van der Waals surface area contributed by atoms with E-state index in [-0.39, 0.29) is 12.3 Å². The van der Waals surface area contributed by atoms with Crippen molar-refractivity contribution in [3.05, 3.63) is 24.5 Å². The zero-order valence-electron chi connectivity index (χ0n) is 11.8. The highest BCUT2D eigenvalue weighted by Crippen LogP contribution is 2.26. The van der Waals surface area contributed by atoms with Crippen molar-refractivity contribution in [1.29, 1.82) is 0 Å². The Morgan fingerprint density at radius 3 is 2.70 bits per heavy atom. The van der Waals surface area contributed by atoms with Gasteiger partial charge < -0.3 is 9.80 Å². The first-order valence-electron chi connectivity index (χ1n) is 6.86. The van der Waals surface area contributed by atoms with Crippen molar-refractivity contribution in [2.45, 2.75) is 18.9 Å². The van der Waals surface area contributed by atoms with Gasteiger partial charge in [-0.2, -0.15) is 0 Å². The highest BCUT2D eigenvalue weighted by Gasteiger charge is 2.21. The molecule has 0 bridgehead atoms. The zero-order valence-corrected chi connectivity index (χ0v) is 12.6. The highest BCUT2D eigenvalue weighted by atomic mass is 32.2. The van der Waals surface area contributed by atoms with Crippen LogP contribution in [0.3, 0.4) is 0 Å². The van der Waals surface area contributed by atoms with Crippen LogP contribution >= 0.6 is 12.3 Å². The van der Waals surface area contributed by atoms with Gasteiger partial charge in [0.05, 0.1) is 11.0 Å². The predicted octanol–water partition coefficient (Wildman–Crippen LogP) is 2.95. The fourth-order valence-electron chi connectivity index (χ4n) is 2.87. The van der Waals surface area contributed by atoms with Crippen LogP contribution in [-0.2, 0) is 0 Å². The Labute approximate surface area is 123 Å². The predicted molar refractivity (Wildman–Crippen MR) is 82.8 cm³/mol. The van der Waals surface area contributed by atoms with Crippen LogP contribution in [0.5, 0.6) is 0 Å². The molecule has 2 heterocycles. The second-order valence-electron chi connectivity index (χ2n) is 5.49. The summed E-state index contributed by atoms with van der Waals surface area (Å²) in [5.41, 5.74) is 2.86. The minimum Gasteiger partial charge on any atom is -0.371 e. The number of rotatable bonds is 3. The lowest BCUT2D eigenvalue weighted by Gasteiger charge is -2.36. The van der Waals surface area contributed by atoms with Crippen LogP contribution in [0.25, 0.3) is 11.0 Å². The van der Waals surface area contributed by atoms with E-state index in [0.717, 1.165) is 24.1 Å². The number of nitrogens with zero attached hydrogens (tertiary/aromatic N) is 4. The van der Waals surface area contributed by atoms with Crippen molar-refractivity contribution >= 4 is 29.1 Å². The maximum absolute atomic E-state index is 12.7. The topological polar surface area (TPSA) is 24.3 Å². The van der Waals surface area contributed by atoms with E-state index in [4.69, 9.17) is 0 Å². The van der Waals surface area contributed by atoms with Crippen LogP contribution < -0.4 is 4.90 Å². The minimum atomic E-state index is 0.185. The van der Waals surface area contributed by atoms with Gasteiger partial charge in [-0.25, -0.2) is 8.96 Å². The Kier molecular flexibility index (Phi) is 3.85. The molecule has 0 unspecified atom stereocenters. The second-order valence-corrected chi connectivity index (χ2v) is 6.03. The molecular weight excluding hydrogens is 275 g/mol. The third-order valence-corrected chi connectivity index (χ3v) is 4.57. The first kappa shape index (κ1) is 13.7. The number of hydrogen-bond acceptors (Lipinski definition) is 4. The summed E-state index contributed by atoms with van der Waals surface area (Å²) in [5.74, 6) is 0. The molecule has 1 aliphatic heterocycles. The van der Waals surface area contributed by atoms with E-state index in [9.17, 15) is 3.89 Å². The van der Waals surface area contributed by atoms with Gasteiger partial charge in [0, 0.05) is 24.8 Å². The summed E-state index contributed by atoms with van der Waals surface area (Å²) < 4.78 is 14.1. The van der Waals surface area contributed by atoms with E-state index < -0.39 is 0 Å². The van der Waals surface area contributed by atoms with Crippen LogP contribution in [0, 0.1) is 0 Å². The van der Waals surface area contributed by atoms with Crippen molar-refractivity contribution < 1.29 is 3.89 Å². The number of fused-ring (bicyclic) bond motifs is 1. The fraction of sp³-hybridized carbons (Fsp3) is 0.500. The number of anilines is 1. The maximum atomic E-state index is 12.7. The molecule has 4 nitrogen and oxygen atoms in total. The van der Waals surface area contributed by atoms with Crippen molar-refractivity contribution in [2.24, 2.45) is 0 Å². The number of benzene rings is 1. The molecule has 1 saturated heterocycles. The second kappa shape index (κ2) is 5.61. The minimum absolute atomic E-state index is 0.185. The van der Waals surface area contributed by atoms with E-state index in [1.807, 2.05) is 6.07 Å². The number of halogens is 1. The van der Waals surface area contributed by atoms with Gasteiger partial charge >= 0.3 is 0 Å². The molecule has 6 heteroatoms. The molecule has 1 aromatic heterocycles. The molecule has 20 heavy (non-hydrogen) atoms. The summed E-state index contributed by atoms with van der Waals surface area (Å²) in [6, 6.07) is 6.74. The number of hydrogen-bond donors (Lipinski definition) is 0. The summed E-state index contributed by atoms with van der Waals surface area (Å²) in [5, 5.41) is 0. The molecule has 0 spiro atoms. The van der Waals surface area contributed by atoms with Crippen molar-refractivity contribution in [1.82, 2.24) is 13.9 Å². The Morgan fingerprint density at radius 1 is 1.30 bits per heavy atom. The van der Waals surface area contributed by atoms with Gasteiger partial charge in [-0.1, -0.05) is 0 Å². The van der Waals surface area contributed by atoms with E-state index in [1.165, 1.54) is 28.8 Å². The molecule has 3 rings (SSSR count). The number of imidazole rings is 1. The molecule has 0 amide bonds. The van der Waals surface area contributed by atoms with E-state index in [1.54, 1.807) is 0 Å². The van der Waals surface area contributed by atoms with Crippen LogP contribution in [0.4, 0.5) is 9.57 Å². The average Bonchev–Trinajstić information content (AvgIpc) is 2.89. The number of aromatic nitrogens is 2. The molecule has 0 radical (unpaired) electrons. The van der Waals surface area contributed by atoms with E-state index in [0.29, 0.717) is 6.04 Å². The molecule has 1 fully saturated rings. The third kappa shape index (κ3) is 2.50. The molecule has 108 valence electrons. The van der Waals surface area contributed by atoms with E-state index >= 15 is 0 Å². The van der Waals surface area contributed by atoms with Crippen LogP contribution in [0.1, 0.15) is 12.8 Å². The molecule has 0 aliphatic carbocycles. The van der Waals surface area contributed by atoms with Gasteiger partial charge in [0.2, 0.25) is 0 Å². The summed E-state index contributed by atoms with van der Waals surface area (Å²) in [6.45, 7) is 2.12. The van der Waals surface area contributed by atoms with Gasteiger partial charge in [-0.3, -0.25) is 0 Å². The van der Waals surface area contributed by atoms with E-state index in [2.05, 4.69) is 41.0 Å². The smallest absolute Gasteiger partial charge is 0.171 e. The summed E-state index contributed by atoms with van der Waals surface area (Å²) in [4.78, 5) is 8.95. The molecule has 1 aliphatic rings. The van der Waals surface area contributed by atoms with Gasteiger partial charge in [-0.05, 0) is 45.1 Å². The molecule has 0 atom stereocenters.